The summed E-state index contributed by atoms with van der Waals surface area (Å²) in [5, 5.41) is 2.93. The molecule has 1 aliphatic rings. The number of pyridine rings is 2. The quantitative estimate of drug-likeness (QED) is 0.436. The van der Waals surface area contributed by atoms with Crippen LogP contribution in [0.2, 0.25) is 0 Å². The molecule has 5 rings (SSSR count). The highest BCUT2D eigenvalue weighted by molar-refractivity contribution is 5.76. The van der Waals surface area contributed by atoms with E-state index in [-0.39, 0.29) is 11.1 Å². The molecule has 0 amide bonds. The van der Waals surface area contributed by atoms with Gasteiger partial charge < -0.3 is 20.5 Å². The number of benzene rings is 1. The molecule has 0 saturated carbocycles. The molecule has 0 radical (unpaired) electrons. The highest BCUT2D eigenvalue weighted by Crippen LogP contribution is 2.22. The third kappa shape index (κ3) is 4.97. The third-order valence-corrected chi connectivity index (χ3v) is 5.07. The van der Waals surface area contributed by atoms with Crippen molar-refractivity contribution in [2.75, 3.05) is 24.7 Å². The number of aldehydes is 1. The molecule has 3 aromatic heterocycles. The molecule has 34 heavy (non-hydrogen) atoms. The van der Waals surface area contributed by atoms with Crippen LogP contribution in [0.25, 0.3) is 5.69 Å². The maximum atomic E-state index is 12.2. The second kappa shape index (κ2) is 10.5. The zero-order chi connectivity index (χ0) is 23.9. The SMILES string of the molecule is CNc1ccc(Oc2ccnc(N)c2)cn1.O=Cc1c2n(n(-c3ccccc3)c1=O)CCOC2. The number of rotatable bonds is 5. The fourth-order valence-corrected chi connectivity index (χ4v) is 3.47. The summed E-state index contributed by atoms with van der Waals surface area (Å²) in [5.74, 6) is 2.52. The summed E-state index contributed by atoms with van der Waals surface area (Å²) in [6.07, 6.45) is 3.85. The molecular weight excluding hydrogens is 436 g/mol. The van der Waals surface area contributed by atoms with Crippen LogP contribution in [0.1, 0.15) is 16.1 Å². The highest BCUT2D eigenvalue weighted by atomic mass is 16.5. The molecule has 0 bridgehead atoms. The van der Waals surface area contributed by atoms with E-state index in [2.05, 4.69) is 15.3 Å². The normalized spacial score (nSPS) is 12.1. The molecule has 0 aliphatic carbocycles. The van der Waals surface area contributed by atoms with Crippen molar-refractivity contribution in [1.29, 1.82) is 0 Å². The highest BCUT2D eigenvalue weighted by Gasteiger charge is 2.22. The minimum atomic E-state index is -0.281. The molecule has 0 atom stereocenters. The Morgan fingerprint density at radius 2 is 1.94 bits per heavy atom. The van der Waals surface area contributed by atoms with Gasteiger partial charge >= 0.3 is 0 Å². The van der Waals surface area contributed by atoms with Crippen molar-refractivity contribution in [1.82, 2.24) is 19.3 Å². The van der Waals surface area contributed by atoms with E-state index in [4.69, 9.17) is 15.2 Å². The molecule has 0 unspecified atom stereocenters. The van der Waals surface area contributed by atoms with Crippen molar-refractivity contribution in [3.63, 3.8) is 0 Å². The number of fused-ring (bicyclic) bond motifs is 1. The predicted octanol–water partition coefficient (Wildman–Crippen LogP) is 2.87. The fourth-order valence-electron chi connectivity index (χ4n) is 3.47. The third-order valence-electron chi connectivity index (χ3n) is 5.07. The minimum absolute atomic E-state index is 0.193. The van der Waals surface area contributed by atoms with Crippen LogP contribution >= 0.6 is 0 Å². The Morgan fingerprint density at radius 1 is 1.12 bits per heavy atom. The Morgan fingerprint density at radius 3 is 2.62 bits per heavy atom. The zero-order valence-corrected chi connectivity index (χ0v) is 18.5. The number of ether oxygens (including phenoxy) is 2. The first-order valence-electron chi connectivity index (χ1n) is 10.6. The van der Waals surface area contributed by atoms with Gasteiger partial charge in [-0.15, -0.1) is 0 Å². The van der Waals surface area contributed by atoms with Crippen LogP contribution in [0, 0.1) is 0 Å². The van der Waals surface area contributed by atoms with Gasteiger partial charge in [0.15, 0.2) is 6.29 Å². The summed E-state index contributed by atoms with van der Waals surface area (Å²) in [4.78, 5) is 31.3. The lowest BCUT2D eigenvalue weighted by atomic mass is 10.2. The van der Waals surface area contributed by atoms with Crippen LogP contribution in [0.3, 0.4) is 0 Å². The van der Waals surface area contributed by atoms with Crippen LogP contribution in [0.5, 0.6) is 11.5 Å². The van der Waals surface area contributed by atoms with Crippen LogP contribution in [0.15, 0.2) is 71.8 Å². The van der Waals surface area contributed by atoms with Crippen molar-refractivity contribution >= 4 is 17.9 Å². The lowest BCUT2D eigenvalue weighted by Gasteiger charge is -2.19. The molecule has 10 nitrogen and oxygen atoms in total. The monoisotopic (exact) mass is 460 g/mol. The molecule has 1 aliphatic heterocycles. The number of carbonyl (C=O) groups excluding carboxylic acids is 1. The largest absolute Gasteiger partial charge is 0.456 e. The average Bonchev–Trinajstić information content (AvgIpc) is 3.16. The first kappa shape index (κ1) is 22.7. The van der Waals surface area contributed by atoms with Crippen molar-refractivity contribution in [2.24, 2.45) is 0 Å². The van der Waals surface area contributed by atoms with E-state index in [0.29, 0.717) is 49.1 Å². The van der Waals surface area contributed by atoms with Crippen LogP contribution < -0.4 is 21.3 Å². The van der Waals surface area contributed by atoms with Gasteiger partial charge in [0.25, 0.3) is 5.56 Å². The van der Waals surface area contributed by atoms with Crippen molar-refractivity contribution < 1.29 is 14.3 Å². The smallest absolute Gasteiger partial charge is 0.282 e. The van der Waals surface area contributed by atoms with Gasteiger partial charge in [-0.25, -0.2) is 14.6 Å². The summed E-state index contributed by atoms with van der Waals surface area (Å²) in [5.41, 5.74) is 6.87. The van der Waals surface area contributed by atoms with Gasteiger partial charge in [0, 0.05) is 19.3 Å². The molecule has 4 heterocycles. The molecule has 0 saturated heterocycles. The number of nitrogens with two attached hydrogens (primary N) is 1. The number of hydrogen-bond acceptors (Lipinski definition) is 8. The number of aromatic nitrogens is 4. The van der Waals surface area contributed by atoms with E-state index in [9.17, 15) is 9.59 Å². The van der Waals surface area contributed by atoms with Gasteiger partial charge in [-0.3, -0.25) is 14.3 Å². The predicted molar refractivity (Wildman–Crippen MR) is 128 cm³/mol. The summed E-state index contributed by atoms with van der Waals surface area (Å²) in [6.45, 7) is 1.43. The number of anilines is 2. The van der Waals surface area contributed by atoms with Crippen molar-refractivity contribution in [3.05, 3.63) is 88.6 Å². The van der Waals surface area contributed by atoms with Crippen molar-refractivity contribution in [3.8, 4) is 17.2 Å². The molecule has 10 heteroatoms. The Balaban J connectivity index is 0.000000162. The van der Waals surface area contributed by atoms with Gasteiger partial charge in [0.2, 0.25) is 0 Å². The molecule has 0 fully saturated rings. The number of nitrogens with zero attached hydrogens (tertiary/aromatic N) is 4. The molecular formula is C24H24N6O4. The van der Waals surface area contributed by atoms with Gasteiger partial charge in [0.1, 0.15) is 28.7 Å². The lowest BCUT2D eigenvalue weighted by Crippen LogP contribution is -2.26. The van der Waals surface area contributed by atoms with Gasteiger partial charge in [-0.1, -0.05) is 18.2 Å². The van der Waals surface area contributed by atoms with Crippen molar-refractivity contribution in [2.45, 2.75) is 13.2 Å². The standard InChI is InChI=1S/C13H12N2O3.C11H12N4O/c16-8-11-12-9-18-7-6-14(12)15(13(11)17)10-4-2-1-3-5-10;1-13-11-3-2-9(7-15-11)16-8-4-5-14-10(12)6-8/h1-5,8H,6-7,9H2;2-7H,1H3,(H2,12,14)(H,13,15). The number of hydrogen-bond donors (Lipinski definition) is 2. The topological polar surface area (TPSA) is 126 Å². The number of carbonyl (C=O) groups is 1. The van der Waals surface area contributed by atoms with E-state index < -0.39 is 0 Å². The van der Waals surface area contributed by atoms with Crippen LogP contribution in [0.4, 0.5) is 11.6 Å². The molecule has 0 spiro atoms. The van der Waals surface area contributed by atoms with E-state index in [0.717, 1.165) is 11.5 Å². The van der Waals surface area contributed by atoms with E-state index in [1.165, 1.54) is 0 Å². The zero-order valence-electron chi connectivity index (χ0n) is 18.5. The van der Waals surface area contributed by atoms with Crippen LogP contribution in [-0.4, -0.2) is 39.3 Å². The van der Waals surface area contributed by atoms with E-state index in [1.807, 2.05) is 54.2 Å². The van der Waals surface area contributed by atoms with Gasteiger partial charge in [-0.05, 0) is 30.3 Å². The minimum Gasteiger partial charge on any atom is -0.456 e. The second-order valence-corrected chi connectivity index (χ2v) is 7.25. The molecule has 3 N–H and O–H groups in total. The second-order valence-electron chi connectivity index (χ2n) is 7.25. The summed E-state index contributed by atoms with van der Waals surface area (Å²) >= 11 is 0. The summed E-state index contributed by atoms with van der Waals surface area (Å²) in [7, 11) is 1.81. The Bertz CT molecular complexity index is 1320. The first-order chi connectivity index (χ1) is 16.6. The summed E-state index contributed by atoms with van der Waals surface area (Å²) in [6, 6.07) is 16.4. The molecule has 4 aromatic rings. The fraction of sp³-hybridized carbons (Fsp3) is 0.167. The van der Waals surface area contributed by atoms with Gasteiger partial charge in [-0.2, -0.15) is 0 Å². The van der Waals surface area contributed by atoms with E-state index in [1.54, 1.807) is 29.2 Å². The maximum Gasteiger partial charge on any atom is 0.282 e. The van der Waals surface area contributed by atoms with Gasteiger partial charge in [0.05, 0.1) is 37.3 Å². The Hall–Kier alpha value is -4.44. The number of nitrogen functional groups attached to an aromatic ring is 1. The molecule has 174 valence electrons. The number of nitrogens with one attached hydrogen (secondary N) is 1. The number of para-hydroxylation sites is 1. The lowest BCUT2D eigenvalue weighted by molar-refractivity contribution is 0.0762. The summed E-state index contributed by atoms with van der Waals surface area (Å²) < 4.78 is 14.2. The maximum absolute atomic E-state index is 12.2. The Labute approximate surface area is 195 Å². The first-order valence-corrected chi connectivity index (χ1v) is 10.6. The Kier molecular flexibility index (Phi) is 6.99. The van der Waals surface area contributed by atoms with Crippen LogP contribution in [-0.2, 0) is 17.9 Å². The van der Waals surface area contributed by atoms with E-state index >= 15 is 0 Å². The molecule has 1 aromatic carbocycles. The average molecular weight is 460 g/mol.